The van der Waals surface area contributed by atoms with Crippen LogP contribution in [-0.2, 0) is 6.54 Å². The summed E-state index contributed by atoms with van der Waals surface area (Å²) in [6.45, 7) is 4.70. The van der Waals surface area contributed by atoms with Gasteiger partial charge < -0.3 is 0 Å². The van der Waals surface area contributed by atoms with E-state index >= 15 is 0 Å². The molecule has 84 valence electrons. The summed E-state index contributed by atoms with van der Waals surface area (Å²) in [5.41, 5.74) is -0.0902. The Morgan fingerprint density at radius 3 is 2.80 bits per heavy atom. The van der Waals surface area contributed by atoms with Gasteiger partial charge in [0.25, 0.3) is 0 Å². The summed E-state index contributed by atoms with van der Waals surface area (Å²) >= 11 is 1.74. The van der Waals surface area contributed by atoms with Gasteiger partial charge in [-0.15, -0.1) is 0 Å². The van der Waals surface area contributed by atoms with E-state index in [1.54, 1.807) is 22.6 Å². The molecule has 4 nitrogen and oxygen atoms in total. The first-order valence-electron chi connectivity index (χ1n) is 4.89. The molecule has 15 heavy (non-hydrogen) atoms. The van der Waals surface area contributed by atoms with Gasteiger partial charge in [-0.1, -0.05) is 19.0 Å². The molecule has 0 amide bonds. The van der Waals surface area contributed by atoms with E-state index in [2.05, 4.69) is 24.1 Å². The predicted octanol–water partition coefficient (Wildman–Crippen LogP) is 2.41. The molecule has 0 N–H and O–H groups in total. The minimum atomic E-state index is -0.232. The molecule has 0 fully saturated rings. The second-order valence-corrected chi connectivity index (χ2v) is 5.14. The Morgan fingerprint density at radius 1 is 1.60 bits per heavy atom. The molecule has 1 rings (SSSR count). The standard InChI is InChI=1S/C10H17N3OS/c1-10(2,8-15-3)9(12-14)7-13-6-4-5-11-13/h4-6,9H,7-8H2,1-3H3. The Labute approximate surface area is 94.4 Å². The Balaban J connectivity index is 2.67. The highest BCUT2D eigenvalue weighted by Gasteiger charge is 2.30. The average molecular weight is 227 g/mol. The molecule has 0 aliphatic carbocycles. The highest BCUT2D eigenvalue weighted by molar-refractivity contribution is 7.98. The number of rotatable bonds is 6. The summed E-state index contributed by atoms with van der Waals surface area (Å²) in [5.74, 6) is 0.921. The van der Waals surface area contributed by atoms with E-state index < -0.39 is 0 Å². The van der Waals surface area contributed by atoms with Crippen LogP contribution in [-0.4, -0.2) is 27.8 Å². The molecule has 0 aliphatic heterocycles. The van der Waals surface area contributed by atoms with Gasteiger partial charge in [0.1, 0.15) is 6.04 Å². The lowest BCUT2D eigenvalue weighted by Crippen LogP contribution is -2.33. The minimum Gasteiger partial charge on any atom is -0.270 e. The zero-order valence-corrected chi connectivity index (χ0v) is 10.2. The van der Waals surface area contributed by atoms with E-state index in [1.807, 2.05) is 18.5 Å². The van der Waals surface area contributed by atoms with Gasteiger partial charge in [0.15, 0.2) is 0 Å². The summed E-state index contributed by atoms with van der Waals surface area (Å²) in [6, 6.07) is 1.62. The molecule has 1 atom stereocenters. The number of hydrogen-bond acceptors (Lipinski definition) is 4. The molecule has 0 spiro atoms. The van der Waals surface area contributed by atoms with Crippen molar-refractivity contribution in [2.75, 3.05) is 12.0 Å². The fourth-order valence-corrected chi connectivity index (χ4v) is 2.41. The SMILES string of the molecule is CSCC(C)(C)C(Cn1cccn1)N=O. The molecule has 0 radical (unpaired) electrons. The van der Waals surface area contributed by atoms with Gasteiger partial charge in [0.2, 0.25) is 0 Å². The summed E-state index contributed by atoms with van der Waals surface area (Å²) in [5, 5.41) is 7.32. The first-order chi connectivity index (χ1) is 7.10. The Kier molecular flexibility index (Phi) is 4.32. The van der Waals surface area contributed by atoms with Gasteiger partial charge in [-0.05, 0) is 12.3 Å². The molecular formula is C10H17N3OS. The minimum absolute atomic E-state index is 0.0902. The number of aromatic nitrogens is 2. The van der Waals surface area contributed by atoms with Crippen LogP contribution in [0.25, 0.3) is 0 Å². The summed E-state index contributed by atoms with van der Waals surface area (Å²) < 4.78 is 1.76. The largest absolute Gasteiger partial charge is 0.270 e. The Hall–Kier alpha value is -0.840. The van der Waals surface area contributed by atoms with Gasteiger partial charge in [-0.3, -0.25) is 4.68 Å². The lowest BCUT2D eigenvalue weighted by Gasteiger charge is -2.28. The first-order valence-corrected chi connectivity index (χ1v) is 6.28. The predicted molar refractivity (Wildman–Crippen MR) is 64.0 cm³/mol. The second-order valence-electron chi connectivity index (χ2n) is 4.27. The van der Waals surface area contributed by atoms with E-state index in [4.69, 9.17) is 0 Å². The highest BCUT2D eigenvalue weighted by Crippen LogP contribution is 2.28. The number of hydrogen-bond donors (Lipinski definition) is 0. The molecule has 0 saturated carbocycles. The Bertz CT molecular complexity index is 298. The fourth-order valence-electron chi connectivity index (χ4n) is 1.48. The zero-order chi connectivity index (χ0) is 11.3. The molecule has 0 aliphatic rings. The lowest BCUT2D eigenvalue weighted by atomic mass is 9.87. The normalized spacial score (nSPS) is 13.8. The third-order valence-corrected chi connectivity index (χ3v) is 3.50. The van der Waals surface area contributed by atoms with Gasteiger partial charge in [0, 0.05) is 23.6 Å². The molecule has 0 saturated heterocycles. The number of nitrogens with zero attached hydrogens (tertiary/aromatic N) is 3. The van der Waals surface area contributed by atoms with Crippen LogP contribution in [0.5, 0.6) is 0 Å². The third kappa shape index (κ3) is 3.34. The summed E-state index contributed by atoms with van der Waals surface area (Å²) in [6.07, 6.45) is 5.61. The second kappa shape index (κ2) is 5.30. The van der Waals surface area contributed by atoms with Crippen molar-refractivity contribution >= 4 is 11.8 Å². The van der Waals surface area contributed by atoms with Gasteiger partial charge in [0.05, 0.1) is 6.54 Å². The molecule has 1 unspecified atom stereocenters. The Morgan fingerprint density at radius 2 is 2.33 bits per heavy atom. The molecule has 0 aromatic carbocycles. The maximum atomic E-state index is 10.9. The van der Waals surface area contributed by atoms with Crippen LogP contribution in [0.1, 0.15) is 13.8 Å². The fraction of sp³-hybridized carbons (Fsp3) is 0.700. The van der Waals surface area contributed by atoms with Gasteiger partial charge in [-0.2, -0.15) is 21.8 Å². The van der Waals surface area contributed by atoms with E-state index in [9.17, 15) is 4.91 Å². The highest BCUT2D eigenvalue weighted by atomic mass is 32.2. The number of nitroso groups, excluding NO2 is 1. The van der Waals surface area contributed by atoms with Crippen LogP contribution in [0.3, 0.4) is 0 Å². The molecule has 1 aromatic rings. The quantitative estimate of drug-likeness (QED) is 0.701. The van der Waals surface area contributed by atoms with Crippen molar-refractivity contribution in [1.29, 1.82) is 0 Å². The van der Waals surface area contributed by atoms with E-state index in [0.29, 0.717) is 6.54 Å². The van der Waals surface area contributed by atoms with E-state index in [-0.39, 0.29) is 11.5 Å². The molecular weight excluding hydrogens is 210 g/mol. The number of thioether (sulfide) groups is 1. The van der Waals surface area contributed by atoms with Crippen LogP contribution >= 0.6 is 11.8 Å². The first kappa shape index (κ1) is 12.2. The van der Waals surface area contributed by atoms with Crippen LogP contribution < -0.4 is 0 Å². The lowest BCUT2D eigenvalue weighted by molar-refractivity contribution is 0.290. The van der Waals surface area contributed by atoms with Crippen LogP contribution in [0.4, 0.5) is 0 Å². The summed E-state index contributed by atoms with van der Waals surface area (Å²) in [4.78, 5) is 10.9. The van der Waals surface area contributed by atoms with Crippen molar-refractivity contribution in [2.45, 2.75) is 26.4 Å². The van der Waals surface area contributed by atoms with E-state index in [0.717, 1.165) is 5.75 Å². The molecule has 5 heteroatoms. The summed E-state index contributed by atoms with van der Waals surface area (Å²) in [7, 11) is 0. The van der Waals surface area contributed by atoms with Crippen molar-refractivity contribution in [3.63, 3.8) is 0 Å². The van der Waals surface area contributed by atoms with Crippen LogP contribution in [0.15, 0.2) is 23.6 Å². The molecule has 0 bridgehead atoms. The molecule has 1 heterocycles. The van der Waals surface area contributed by atoms with Crippen molar-refractivity contribution < 1.29 is 0 Å². The van der Waals surface area contributed by atoms with Gasteiger partial charge in [-0.25, -0.2) is 0 Å². The zero-order valence-electron chi connectivity index (χ0n) is 9.38. The smallest absolute Gasteiger partial charge is 0.117 e. The van der Waals surface area contributed by atoms with Crippen molar-refractivity contribution in [3.8, 4) is 0 Å². The maximum absolute atomic E-state index is 10.9. The van der Waals surface area contributed by atoms with E-state index in [1.165, 1.54) is 0 Å². The average Bonchev–Trinajstić information content (AvgIpc) is 2.66. The third-order valence-electron chi connectivity index (χ3n) is 2.46. The van der Waals surface area contributed by atoms with Crippen molar-refractivity contribution in [1.82, 2.24) is 9.78 Å². The van der Waals surface area contributed by atoms with Crippen molar-refractivity contribution in [2.24, 2.45) is 10.6 Å². The van der Waals surface area contributed by atoms with Gasteiger partial charge >= 0.3 is 0 Å². The maximum Gasteiger partial charge on any atom is 0.117 e. The van der Waals surface area contributed by atoms with Crippen LogP contribution in [0.2, 0.25) is 0 Å². The topological polar surface area (TPSA) is 47.2 Å². The molecule has 1 aromatic heterocycles. The van der Waals surface area contributed by atoms with Crippen LogP contribution in [0, 0.1) is 10.3 Å². The monoisotopic (exact) mass is 227 g/mol. The van der Waals surface area contributed by atoms with Crippen molar-refractivity contribution in [3.05, 3.63) is 23.4 Å².